The fourth-order valence-corrected chi connectivity index (χ4v) is 1.47. The van der Waals surface area contributed by atoms with Gasteiger partial charge in [0.2, 0.25) is 0 Å². The van der Waals surface area contributed by atoms with Crippen LogP contribution in [0.3, 0.4) is 0 Å². The van der Waals surface area contributed by atoms with Crippen LogP contribution in [0.4, 0.5) is 0 Å². The maximum atomic E-state index is 10.1. The van der Waals surface area contributed by atoms with Crippen molar-refractivity contribution >= 4 is 18.9 Å². The van der Waals surface area contributed by atoms with E-state index >= 15 is 0 Å². The molecular weight excluding hydrogens is 282 g/mol. The van der Waals surface area contributed by atoms with Gasteiger partial charge in [0.1, 0.15) is 0 Å². The maximum absolute atomic E-state index is 10.1. The van der Waals surface area contributed by atoms with Crippen molar-refractivity contribution < 1.29 is 25.3 Å². The van der Waals surface area contributed by atoms with Crippen molar-refractivity contribution in [2.45, 2.75) is 44.8 Å². The molecular formula is C13H22BClO5. The van der Waals surface area contributed by atoms with Gasteiger partial charge in [-0.3, -0.25) is 0 Å². The van der Waals surface area contributed by atoms with Gasteiger partial charge in [-0.2, -0.15) is 0 Å². The first-order chi connectivity index (χ1) is 8.95. The Morgan fingerprint density at radius 2 is 1.40 bits per heavy atom. The van der Waals surface area contributed by atoms with E-state index in [4.69, 9.17) is 26.7 Å². The van der Waals surface area contributed by atoms with Crippen molar-refractivity contribution in [2.75, 3.05) is 0 Å². The molecule has 0 aliphatic carbocycles. The summed E-state index contributed by atoms with van der Waals surface area (Å²) in [6, 6.07) is 7.52. The van der Waals surface area contributed by atoms with Gasteiger partial charge in [-0.25, -0.2) is 0 Å². The molecule has 7 heteroatoms. The molecule has 1 aromatic rings. The molecule has 0 radical (unpaired) electrons. The lowest BCUT2D eigenvalue weighted by Gasteiger charge is -2.35. The van der Waals surface area contributed by atoms with E-state index in [1.807, 2.05) is 24.3 Å². The molecule has 1 unspecified atom stereocenters. The molecule has 1 atom stereocenters. The molecule has 1 aromatic carbocycles. The molecule has 20 heavy (non-hydrogen) atoms. The van der Waals surface area contributed by atoms with Gasteiger partial charge >= 0.3 is 7.32 Å². The minimum Gasteiger partial charge on any atom is -0.402 e. The average Bonchev–Trinajstić information content (AvgIpc) is 2.26. The molecule has 1 rings (SSSR count). The second-order valence-electron chi connectivity index (χ2n) is 5.31. The summed E-state index contributed by atoms with van der Waals surface area (Å²) in [4.78, 5) is 0. The highest BCUT2D eigenvalue weighted by Gasteiger charge is 2.36. The summed E-state index contributed by atoms with van der Waals surface area (Å²) in [6.45, 7) is 4.90. The minimum atomic E-state index is -2.17. The third-order valence-electron chi connectivity index (χ3n) is 3.13. The maximum Gasteiger partial charge on any atom is 0.631 e. The highest BCUT2D eigenvalue weighted by Crippen LogP contribution is 2.26. The van der Waals surface area contributed by atoms with Gasteiger partial charge in [0.15, 0.2) is 0 Å². The first kappa shape index (κ1) is 19.4. The van der Waals surface area contributed by atoms with Gasteiger partial charge in [0.05, 0.1) is 11.2 Å². The lowest BCUT2D eigenvalue weighted by Crippen LogP contribution is -2.47. The van der Waals surface area contributed by atoms with E-state index < -0.39 is 18.5 Å². The van der Waals surface area contributed by atoms with Crippen LogP contribution in [0.5, 0.6) is 0 Å². The number of aliphatic hydroxyl groups is 2. The summed E-state index contributed by atoms with van der Waals surface area (Å²) in [7, 11) is -2.17. The SMILES string of the molecule is CC(C)(O)C(C)(O)CCc1ccc(Cl)cc1.OB(O)O. The first-order valence-corrected chi connectivity index (χ1v) is 6.57. The van der Waals surface area contributed by atoms with Gasteiger partial charge in [0.25, 0.3) is 0 Å². The Hall–Kier alpha value is -0.625. The van der Waals surface area contributed by atoms with Crippen LogP contribution >= 0.6 is 11.6 Å². The summed E-state index contributed by atoms with van der Waals surface area (Å²) in [5.74, 6) is 0. The average molecular weight is 305 g/mol. The quantitative estimate of drug-likeness (QED) is 0.528. The predicted molar refractivity (Wildman–Crippen MR) is 79.1 cm³/mol. The fraction of sp³-hybridized carbons (Fsp3) is 0.538. The Morgan fingerprint density at radius 3 is 1.75 bits per heavy atom. The largest absolute Gasteiger partial charge is 0.631 e. The van der Waals surface area contributed by atoms with Crippen LogP contribution in [0, 0.1) is 0 Å². The van der Waals surface area contributed by atoms with E-state index in [0.717, 1.165) is 5.56 Å². The van der Waals surface area contributed by atoms with E-state index in [9.17, 15) is 10.2 Å². The molecule has 0 heterocycles. The van der Waals surface area contributed by atoms with Gasteiger partial charge in [-0.05, 0) is 51.3 Å². The topological polar surface area (TPSA) is 101 Å². The zero-order valence-corrected chi connectivity index (χ0v) is 12.7. The zero-order valence-electron chi connectivity index (χ0n) is 11.9. The Labute approximate surface area is 124 Å². The summed E-state index contributed by atoms with van der Waals surface area (Å²) in [5, 5.41) is 42.1. The summed E-state index contributed by atoms with van der Waals surface area (Å²) in [6.07, 6.45) is 1.23. The Bertz CT molecular complexity index is 384. The standard InChI is InChI=1S/C13H19ClO2.BH3O3/c1-12(2,15)13(3,16)9-8-10-4-6-11(14)7-5-10;2-1(3)4/h4-7,15-16H,8-9H2,1-3H3;2-4H. The molecule has 0 saturated heterocycles. The van der Waals surface area contributed by atoms with Crippen molar-refractivity contribution in [1.82, 2.24) is 0 Å². The first-order valence-electron chi connectivity index (χ1n) is 6.19. The monoisotopic (exact) mass is 304 g/mol. The predicted octanol–water partition coefficient (Wildman–Crippen LogP) is 0.743. The number of benzene rings is 1. The molecule has 0 aliphatic heterocycles. The van der Waals surface area contributed by atoms with Crippen LogP contribution in [-0.2, 0) is 6.42 Å². The molecule has 5 nitrogen and oxygen atoms in total. The van der Waals surface area contributed by atoms with Crippen molar-refractivity contribution in [3.8, 4) is 0 Å². The molecule has 114 valence electrons. The molecule has 0 saturated carbocycles. The molecule has 0 spiro atoms. The van der Waals surface area contributed by atoms with Crippen LogP contribution in [0.15, 0.2) is 24.3 Å². The summed E-state index contributed by atoms with van der Waals surface area (Å²) >= 11 is 5.78. The Balaban J connectivity index is 0.000000796. The van der Waals surface area contributed by atoms with Crippen molar-refractivity contribution in [3.63, 3.8) is 0 Å². The third-order valence-corrected chi connectivity index (χ3v) is 3.38. The lowest BCUT2D eigenvalue weighted by atomic mass is 9.83. The number of halogens is 1. The number of hydrogen-bond donors (Lipinski definition) is 5. The fourth-order valence-electron chi connectivity index (χ4n) is 1.34. The second-order valence-corrected chi connectivity index (χ2v) is 5.74. The number of aryl methyl sites for hydroxylation is 1. The lowest BCUT2D eigenvalue weighted by molar-refractivity contribution is -0.123. The van der Waals surface area contributed by atoms with Gasteiger partial charge in [-0.15, -0.1) is 0 Å². The van der Waals surface area contributed by atoms with E-state index in [1.54, 1.807) is 20.8 Å². The van der Waals surface area contributed by atoms with Crippen LogP contribution < -0.4 is 0 Å². The normalized spacial score (nSPS) is 14.1. The minimum absolute atomic E-state index is 0.512. The highest BCUT2D eigenvalue weighted by molar-refractivity contribution is 6.30. The molecule has 0 fully saturated rings. The smallest absolute Gasteiger partial charge is 0.402 e. The van der Waals surface area contributed by atoms with Gasteiger partial charge in [0, 0.05) is 5.02 Å². The molecule has 0 bridgehead atoms. The van der Waals surface area contributed by atoms with Gasteiger partial charge < -0.3 is 25.3 Å². The van der Waals surface area contributed by atoms with E-state index in [0.29, 0.717) is 17.9 Å². The van der Waals surface area contributed by atoms with E-state index in [2.05, 4.69) is 0 Å². The Kier molecular flexibility index (Phi) is 7.73. The zero-order chi connectivity index (χ0) is 16.0. The number of rotatable bonds is 4. The molecule has 0 aromatic heterocycles. The van der Waals surface area contributed by atoms with E-state index in [1.165, 1.54) is 0 Å². The highest BCUT2D eigenvalue weighted by atomic mass is 35.5. The van der Waals surface area contributed by atoms with Crippen molar-refractivity contribution in [2.24, 2.45) is 0 Å². The van der Waals surface area contributed by atoms with Crippen LogP contribution in [0.25, 0.3) is 0 Å². The van der Waals surface area contributed by atoms with Crippen LogP contribution in [-0.4, -0.2) is 43.8 Å². The summed E-state index contributed by atoms with van der Waals surface area (Å²) < 4.78 is 0. The van der Waals surface area contributed by atoms with Crippen molar-refractivity contribution in [3.05, 3.63) is 34.9 Å². The van der Waals surface area contributed by atoms with E-state index in [-0.39, 0.29) is 0 Å². The molecule has 0 aliphatic rings. The number of hydrogen-bond acceptors (Lipinski definition) is 5. The second kappa shape index (κ2) is 7.97. The third kappa shape index (κ3) is 7.84. The Morgan fingerprint density at radius 1 is 1.00 bits per heavy atom. The molecule has 0 amide bonds. The molecule has 5 N–H and O–H groups in total. The van der Waals surface area contributed by atoms with Crippen LogP contribution in [0.2, 0.25) is 5.02 Å². The summed E-state index contributed by atoms with van der Waals surface area (Å²) in [5.41, 5.74) is -1.08. The van der Waals surface area contributed by atoms with Gasteiger partial charge in [-0.1, -0.05) is 23.7 Å². The van der Waals surface area contributed by atoms with Crippen LogP contribution in [0.1, 0.15) is 32.8 Å². The van der Waals surface area contributed by atoms with Crippen molar-refractivity contribution in [1.29, 1.82) is 0 Å².